The quantitative estimate of drug-likeness (QED) is 0.460. The van der Waals surface area contributed by atoms with Crippen LogP contribution in [0.1, 0.15) is 36.0 Å². The van der Waals surface area contributed by atoms with Crippen molar-refractivity contribution in [3.63, 3.8) is 0 Å². The Hall–Kier alpha value is -2.01. The lowest BCUT2D eigenvalue weighted by Crippen LogP contribution is -2.66. The first-order valence-electron chi connectivity index (χ1n) is 8.75. The highest BCUT2D eigenvalue weighted by atomic mass is 32.1. The van der Waals surface area contributed by atoms with Gasteiger partial charge in [0.1, 0.15) is 0 Å². The molecule has 26 heavy (non-hydrogen) atoms. The van der Waals surface area contributed by atoms with E-state index in [1.807, 2.05) is 23.6 Å². The molecule has 0 saturated carbocycles. The molecule has 2 aromatic carbocycles. The van der Waals surface area contributed by atoms with Gasteiger partial charge in [0, 0.05) is 10.4 Å². The van der Waals surface area contributed by atoms with E-state index in [1.165, 1.54) is 10.4 Å². The Kier molecular flexibility index (Phi) is 5.56. The van der Waals surface area contributed by atoms with Gasteiger partial charge in [0.25, 0.3) is 8.32 Å². The first kappa shape index (κ1) is 18.8. The van der Waals surface area contributed by atoms with Crippen molar-refractivity contribution in [3.8, 4) is 0 Å². The lowest BCUT2D eigenvalue weighted by molar-refractivity contribution is 0.112. The van der Waals surface area contributed by atoms with Crippen molar-refractivity contribution >= 4 is 36.3 Å². The molecule has 0 aliphatic carbocycles. The van der Waals surface area contributed by atoms with Crippen LogP contribution in [0.2, 0.25) is 5.04 Å². The Morgan fingerprint density at radius 2 is 1.46 bits per heavy atom. The molecule has 3 aromatic rings. The molecule has 4 heteroatoms. The van der Waals surface area contributed by atoms with Crippen molar-refractivity contribution in [2.75, 3.05) is 0 Å². The minimum absolute atomic E-state index is 0.0612. The normalized spacial score (nSPS) is 12.1. The maximum absolute atomic E-state index is 11.3. The topological polar surface area (TPSA) is 26.3 Å². The number of hydrogen-bond acceptors (Lipinski definition) is 3. The zero-order valence-electron chi connectivity index (χ0n) is 15.4. The SMILES string of the molecule is CC(C)(C)[Si](OCc1sccc1C=O)(c1ccccc1)c1ccccc1. The number of aldehydes is 1. The van der Waals surface area contributed by atoms with E-state index in [-0.39, 0.29) is 5.04 Å². The molecule has 0 radical (unpaired) electrons. The van der Waals surface area contributed by atoms with Gasteiger partial charge in [0.05, 0.1) is 6.61 Å². The summed E-state index contributed by atoms with van der Waals surface area (Å²) >= 11 is 1.58. The van der Waals surface area contributed by atoms with Crippen molar-refractivity contribution in [2.45, 2.75) is 32.4 Å². The van der Waals surface area contributed by atoms with Crippen molar-refractivity contribution in [1.82, 2.24) is 0 Å². The molecule has 0 fully saturated rings. The fraction of sp³-hybridized carbons (Fsp3) is 0.227. The fourth-order valence-corrected chi connectivity index (χ4v) is 8.89. The largest absolute Gasteiger partial charge is 0.402 e. The maximum atomic E-state index is 11.3. The maximum Gasteiger partial charge on any atom is 0.261 e. The van der Waals surface area contributed by atoms with E-state index in [0.29, 0.717) is 6.61 Å². The van der Waals surface area contributed by atoms with Gasteiger partial charge in [0.15, 0.2) is 6.29 Å². The van der Waals surface area contributed by atoms with Crippen LogP contribution in [0.3, 0.4) is 0 Å². The van der Waals surface area contributed by atoms with Crippen LogP contribution < -0.4 is 10.4 Å². The number of carbonyl (C=O) groups excluding carboxylic acids is 1. The molecule has 0 spiro atoms. The second-order valence-corrected chi connectivity index (χ2v) is 12.7. The van der Waals surface area contributed by atoms with Gasteiger partial charge in [-0.1, -0.05) is 81.4 Å². The summed E-state index contributed by atoms with van der Waals surface area (Å²) in [4.78, 5) is 12.3. The van der Waals surface area contributed by atoms with E-state index in [1.54, 1.807) is 11.3 Å². The molecule has 1 heterocycles. The number of benzene rings is 2. The second-order valence-electron chi connectivity index (χ2n) is 7.37. The molecule has 0 saturated heterocycles. The molecule has 3 rings (SSSR count). The van der Waals surface area contributed by atoms with Crippen LogP contribution in [-0.4, -0.2) is 14.6 Å². The molecule has 0 N–H and O–H groups in total. The zero-order valence-corrected chi connectivity index (χ0v) is 17.3. The Balaban J connectivity index is 2.13. The summed E-state index contributed by atoms with van der Waals surface area (Å²) in [6.07, 6.45) is 0.917. The predicted molar refractivity (Wildman–Crippen MR) is 112 cm³/mol. The highest BCUT2D eigenvalue weighted by Gasteiger charge is 2.50. The van der Waals surface area contributed by atoms with Crippen LogP contribution in [0.25, 0.3) is 0 Å². The summed E-state index contributed by atoms with van der Waals surface area (Å²) in [6, 6.07) is 23.0. The van der Waals surface area contributed by atoms with Crippen LogP contribution in [0.4, 0.5) is 0 Å². The van der Waals surface area contributed by atoms with Gasteiger partial charge in [-0.2, -0.15) is 0 Å². The standard InChI is InChI=1S/C22H24O2SSi/c1-22(2,3)26(19-10-6-4-7-11-19,20-12-8-5-9-13-20)24-17-21-18(16-23)14-15-25-21/h4-16H,17H2,1-3H3. The monoisotopic (exact) mass is 380 g/mol. The van der Waals surface area contributed by atoms with Gasteiger partial charge < -0.3 is 4.43 Å². The highest BCUT2D eigenvalue weighted by molar-refractivity contribution is 7.10. The van der Waals surface area contributed by atoms with Crippen LogP contribution in [0.5, 0.6) is 0 Å². The molecule has 1 aromatic heterocycles. The summed E-state index contributed by atoms with van der Waals surface area (Å²) in [5, 5.41) is 4.40. The van der Waals surface area contributed by atoms with E-state index >= 15 is 0 Å². The number of thiophene rings is 1. The van der Waals surface area contributed by atoms with Crippen molar-refractivity contribution in [3.05, 3.63) is 82.6 Å². The smallest absolute Gasteiger partial charge is 0.261 e. The first-order valence-corrected chi connectivity index (χ1v) is 11.5. The number of carbonyl (C=O) groups is 1. The molecule has 0 aliphatic heterocycles. The fourth-order valence-electron chi connectivity index (χ4n) is 3.51. The predicted octanol–water partition coefficient (Wildman–Crippen LogP) is 4.64. The minimum atomic E-state index is -2.55. The third-order valence-electron chi connectivity index (χ3n) is 4.74. The number of hydrogen-bond donors (Lipinski definition) is 0. The molecule has 0 unspecified atom stereocenters. The van der Waals surface area contributed by atoms with Crippen LogP contribution in [0, 0.1) is 0 Å². The molecule has 134 valence electrons. The summed E-state index contributed by atoms with van der Waals surface area (Å²) in [7, 11) is -2.55. The van der Waals surface area contributed by atoms with E-state index in [0.717, 1.165) is 16.7 Å². The summed E-state index contributed by atoms with van der Waals surface area (Å²) in [6.45, 7) is 7.23. The van der Waals surface area contributed by atoms with Gasteiger partial charge >= 0.3 is 0 Å². The molecular weight excluding hydrogens is 356 g/mol. The van der Waals surface area contributed by atoms with Crippen molar-refractivity contribution in [1.29, 1.82) is 0 Å². The molecule has 0 bridgehead atoms. The minimum Gasteiger partial charge on any atom is -0.402 e. The van der Waals surface area contributed by atoms with Crippen LogP contribution >= 0.6 is 11.3 Å². The summed E-state index contributed by atoms with van der Waals surface area (Å²) in [5.74, 6) is 0. The van der Waals surface area contributed by atoms with Crippen molar-refractivity contribution < 1.29 is 9.22 Å². The van der Waals surface area contributed by atoms with Gasteiger partial charge in [0.2, 0.25) is 0 Å². The van der Waals surface area contributed by atoms with Gasteiger partial charge in [-0.25, -0.2) is 0 Å². The van der Waals surface area contributed by atoms with E-state index < -0.39 is 8.32 Å². The van der Waals surface area contributed by atoms with Gasteiger partial charge in [-0.05, 0) is 26.9 Å². The Bertz CT molecular complexity index is 811. The lowest BCUT2D eigenvalue weighted by atomic mass is 10.2. The van der Waals surface area contributed by atoms with Crippen LogP contribution in [-0.2, 0) is 11.0 Å². The van der Waals surface area contributed by atoms with Gasteiger partial charge in [-0.3, -0.25) is 4.79 Å². The summed E-state index contributed by atoms with van der Waals surface area (Å²) < 4.78 is 6.84. The summed E-state index contributed by atoms with van der Waals surface area (Å²) in [5.41, 5.74) is 0.730. The Labute approximate surface area is 160 Å². The molecule has 2 nitrogen and oxygen atoms in total. The average Bonchev–Trinajstić information content (AvgIpc) is 3.10. The number of rotatable bonds is 6. The van der Waals surface area contributed by atoms with Gasteiger partial charge in [-0.15, -0.1) is 11.3 Å². The van der Waals surface area contributed by atoms with E-state index in [2.05, 4.69) is 69.3 Å². The lowest BCUT2D eigenvalue weighted by Gasteiger charge is -2.43. The Morgan fingerprint density at radius 1 is 0.923 bits per heavy atom. The molecule has 0 aliphatic rings. The first-order chi connectivity index (χ1) is 12.5. The average molecular weight is 381 g/mol. The third-order valence-corrected chi connectivity index (χ3v) is 10.6. The third kappa shape index (κ3) is 3.45. The van der Waals surface area contributed by atoms with Crippen LogP contribution in [0.15, 0.2) is 72.1 Å². The highest BCUT2D eigenvalue weighted by Crippen LogP contribution is 2.37. The van der Waals surface area contributed by atoms with Crippen molar-refractivity contribution in [2.24, 2.45) is 0 Å². The van der Waals surface area contributed by atoms with E-state index in [4.69, 9.17) is 4.43 Å². The van der Waals surface area contributed by atoms with E-state index in [9.17, 15) is 4.79 Å². The zero-order chi connectivity index (χ0) is 18.6. The molecule has 0 atom stereocenters. The second kappa shape index (κ2) is 7.70. The molecule has 0 amide bonds. The Morgan fingerprint density at radius 3 is 1.92 bits per heavy atom. The molecular formula is C22H24O2SSi.